The van der Waals surface area contributed by atoms with E-state index < -0.39 is 0 Å². The van der Waals surface area contributed by atoms with Crippen molar-refractivity contribution in [2.45, 2.75) is 46.0 Å². The Morgan fingerprint density at radius 2 is 2.14 bits per heavy atom. The molecule has 0 N–H and O–H groups in total. The van der Waals surface area contributed by atoms with Gasteiger partial charge in [-0.15, -0.1) is 0 Å². The molecule has 1 aliphatic carbocycles. The highest BCUT2D eigenvalue weighted by atomic mass is 14.7. The van der Waals surface area contributed by atoms with Crippen molar-refractivity contribution in [3.8, 4) is 0 Å². The second-order valence-electron chi connectivity index (χ2n) is 5.35. The molecule has 0 spiro atoms. The number of pyridine rings is 1. The number of hydrogen-bond acceptors (Lipinski definition) is 1. The van der Waals surface area contributed by atoms with Crippen LogP contribution in [0.3, 0.4) is 0 Å². The van der Waals surface area contributed by atoms with E-state index in [1.807, 2.05) is 6.20 Å². The lowest BCUT2D eigenvalue weighted by Crippen LogP contribution is -2.23. The Balaban J connectivity index is 2.41. The van der Waals surface area contributed by atoms with Crippen molar-refractivity contribution < 1.29 is 0 Å². The van der Waals surface area contributed by atoms with Crippen LogP contribution in [0.25, 0.3) is 0 Å². The summed E-state index contributed by atoms with van der Waals surface area (Å²) in [5, 5.41) is 0. The zero-order valence-corrected chi connectivity index (χ0v) is 9.38. The SMILES string of the molecule is CC(C)(C)[C@@H]1CCCc2ncccc21. The van der Waals surface area contributed by atoms with E-state index in [1.165, 1.54) is 30.5 Å². The molecule has 1 aromatic heterocycles. The van der Waals surface area contributed by atoms with Crippen LogP contribution in [0.4, 0.5) is 0 Å². The Morgan fingerprint density at radius 3 is 2.86 bits per heavy atom. The van der Waals surface area contributed by atoms with Crippen molar-refractivity contribution in [2.24, 2.45) is 5.41 Å². The molecular formula is C13H19N. The van der Waals surface area contributed by atoms with Gasteiger partial charge in [-0.2, -0.15) is 0 Å². The summed E-state index contributed by atoms with van der Waals surface area (Å²) >= 11 is 0. The van der Waals surface area contributed by atoms with E-state index in [9.17, 15) is 0 Å². The average Bonchev–Trinajstić information content (AvgIpc) is 2.15. The molecule has 0 saturated carbocycles. The lowest BCUT2D eigenvalue weighted by atomic mass is 9.70. The van der Waals surface area contributed by atoms with Gasteiger partial charge in [0, 0.05) is 11.9 Å². The van der Waals surface area contributed by atoms with Crippen molar-refractivity contribution in [1.82, 2.24) is 4.98 Å². The Hall–Kier alpha value is -0.850. The molecule has 0 fully saturated rings. The van der Waals surface area contributed by atoms with Crippen LogP contribution in [-0.2, 0) is 6.42 Å². The molecule has 0 unspecified atom stereocenters. The summed E-state index contributed by atoms with van der Waals surface area (Å²) in [5.74, 6) is 0.694. The highest BCUT2D eigenvalue weighted by Crippen LogP contribution is 2.42. The highest BCUT2D eigenvalue weighted by Gasteiger charge is 2.30. The molecule has 0 amide bonds. The molecule has 0 aliphatic heterocycles. The Morgan fingerprint density at radius 1 is 1.36 bits per heavy atom. The van der Waals surface area contributed by atoms with E-state index in [2.05, 4.69) is 37.9 Å². The summed E-state index contributed by atoms with van der Waals surface area (Å²) in [6, 6.07) is 4.33. The zero-order valence-electron chi connectivity index (χ0n) is 9.38. The Labute approximate surface area is 86.6 Å². The first-order chi connectivity index (χ1) is 6.59. The summed E-state index contributed by atoms with van der Waals surface area (Å²) in [6.07, 6.45) is 5.71. The summed E-state index contributed by atoms with van der Waals surface area (Å²) in [7, 11) is 0. The molecule has 1 nitrogen and oxygen atoms in total. The van der Waals surface area contributed by atoms with Crippen LogP contribution in [0.1, 0.15) is 50.8 Å². The number of hydrogen-bond donors (Lipinski definition) is 0. The monoisotopic (exact) mass is 189 g/mol. The first kappa shape index (κ1) is 9.70. The molecule has 0 saturated heterocycles. The van der Waals surface area contributed by atoms with E-state index in [4.69, 9.17) is 0 Å². The molecule has 0 aromatic carbocycles. The van der Waals surface area contributed by atoms with Gasteiger partial charge in [-0.3, -0.25) is 4.98 Å². The molecule has 14 heavy (non-hydrogen) atoms. The smallest absolute Gasteiger partial charge is 0.0438 e. The normalized spacial score (nSPS) is 21.8. The number of aryl methyl sites for hydroxylation is 1. The third-order valence-corrected chi connectivity index (χ3v) is 3.25. The lowest BCUT2D eigenvalue weighted by molar-refractivity contribution is 0.288. The molecule has 76 valence electrons. The Bertz CT molecular complexity index is 322. The van der Waals surface area contributed by atoms with E-state index in [0.29, 0.717) is 11.3 Å². The number of fused-ring (bicyclic) bond motifs is 1. The van der Waals surface area contributed by atoms with E-state index in [-0.39, 0.29) is 0 Å². The molecule has 1 aromatic rings. The van der Waals surface area contributed by atoms with Crippen LogP contribution in [0.5, 0.6) is 0 Å². The van der Waals surface area contributed by atoms with E-state index in [0.717, 1.165) is 0 Å². The third-order valence-electron chi connectivity index (χ3n) is 3.25. The van der Waals surface area contributed by atoms with Gasteiger partial charge in [-0.25, -0.2) is 0 Å². The van der Waals surface area contributed by atoms with Gasteiger partial charge >= 0.3 is 0 Å². The van der Waals surface area contributed by atoms with Gasteiger partial charge < -0.3 is 0 Å². The number of rotatable bonds is 0. The van der Waals surface area contributed by atoms with Crippen LogP contribution in [0, 0.1) is 5.41 Å². The van der Waals surface area contributed by atoms with Gasteiger partial charge in [0.1, 0.15) is 0 Å². The van der Waals surface area contributed by atoms with Crippen LogP contribution < -0.4 is 0 Å². The van der Waals surface area contributed by atoms with Crippen molar-refractivity contribution >= 4 is 0 Å². The summed E-state index contributed by atoms with van der Waals surface area (Å²) in [4.78, 5) is 4.48. The largest absolute Gasteiger partial charge is 0.261 e. The first-order valence-corrected chi connectivity index (χ1v) is 5.53. The van der Waals surface area contributed by atoms with Crippen molar-refractivity contribution in [2.75, 3.05) is 0 Å². The van der Waals surface area contributed by atoms with Crippen molar-refractivity contribution in [3.05, 3.63) is 29.6 Å². The predicted molar refractivity (Wildman–Crippen MR) is 59.4 cm³/mol. The first-order valence-electron chi connectivity index (χ1n) is 5.53. The quantitative estimate of drug-likeness (QED) is 0.608. The minimum Gasteiger partial charge on any atom is -0.261 e. The molecule has 0 radical (unpaired) electrons. The van der Waals surface area contributed by atoms with E-state index >= 15 is 0 Å². The number of aromatic nitrogens is 1. The van der Waals surface area contributed by atoms with Gasteiger partial charge in [-0.1, -0.05) is 26.8 Å². The maximum absolute atomic E-state index is 4.48. The second kappa shape index (κ2) is 3.38. The van der Waals surface area contributed by atoms with Gasteiger partial charge in [0.15, 0.2) is 0 Å². The highest BCUT2D eigenvalue weighted by molar-refractivity contribution is 5.28. The Kier molecular flexibility index (Phi) is 2.34. The zero-order chi connectivity index (χ0) is 10.2. The molecule has 1 heteroatoms. The standard InChI is InChI=1S/C13H19N/c1-13(2,3)11-7-4-8-12-10(11)6-5-9-14-12/h5-6,9,11H,4,7-8H2,1-3H3/t11-/m1/s1. The molecule has 2 rings (SSSR count). The van der Waals surface area contributed by atoms with Gasteiger partial charge in [0.05, 0.1) is 0 Å². The van der Waals surface area contributed by atoms with Gasteiger partial charge in [0.25, 0.3) is 0 Å². The second-order valence-corrected chi connectivity index (χ2v) is 5.35. The van der Waals surface area contributed by atoms with Crippen LogP contribution in [-0.4, -0.2) is 4.98 Å². The fourth-order valence-corrected chi connectivity index (χ4v) is 2.51. The van der Waals surface area contributed by atoms with Crippen LogP contribution in [0.15, 0.2) is 18.3 Å². The fourth-order valence-electron chi connectivity index (χ4n) is 2.51. The van der Waals surface area contributed by atoms with Gasteiger partial charge in [0.2, 0.25) is 0 Å². The third kappa shape index (κ3) is 1.68. The number of nitrogens with zero attached hydrogens (tertiary/aromatic N) is 1. The molecule has 0 bridgehead atoms. The molecule has 1 atom stereocenters. The van der Waals surface area contributed by atoms with Crippen LogP contribution in [0.2, 0.25) is 0 Å². The molecular weight excluding hydrogens is 170 g/mol. The van der Waals surface area contributed by atoms with Crippen molar-refractivity contribution in [1.29, 1.82) is 0 Å². The minimum absolute atomic E-state index is 0.373. The molecule has 1 heterocycles. The average molecular weight is 189 g/mol. The molecule has 1 aliphatic rings. The van der Waals surface area contributed by atoms with Gasteiger partial charge in [-0.05, 0) is 42.2 Å². The topological polar surface area (TPSA) is 12.9 Å². The van der Waals surface area contributed by atoms with Crippen LogP contribution >= 0.6 is 0 Å². The fraction of sp³-hybridized carbons (Fsp3) is 0.615. The summed E-state index contributed by atoms with van der Waals surface area (Å²) in [6.45, 7) is 7.00. The predicted octanol–water partition coefficient (Wildman–Crippen LogP) is 3.55. The summed E-state index contributed by atoms with van der Waals surface area (Å²) in [5.41, 5.74) is 3.20. The minimum atomic E-state index is 0.373. The van der Waals surface area contributed by atoms with E-state index in [1.54, 1.807) is 0 Å². The summed E-state index contributed by atoms with van der Waals surface area (Å²) < 4.78 is 0. The maximum atomic E-state index is 4.48. The van der Waals surface area contributed by atoms with Crippen molar-refractivity contribution in [3.63, 3.8) is 0 Å². The lowest BCUT2D eigenvalue weighted by Gasteiger charge is -2.35. The maximum Gasteiger partial charge on any atom is 0.0438 e.